The number of allylic oxidation sites excluding steroid dienone is 2. The number of fused-ring (bicyclic) bond motifs is 3. The van der Waals surface area contributed by atoms with Gasteiger partial charge in [-0.1, -0.05) is 212 Å². The van der Waals surface area contributed by atoms with Gasteiger partial charge in [-0.15, -0.1) is 11.8 Å². The van der Waals surface area contributed by atoms with Gasteiger partial charge in [0, 0.05) is 17.1 Å². The molecule has 0 saturated heterocycles. The summed E-state index contributed by atoms with van der Waals surface area (Å²) in [6.07, 6.45) is 6.69. The number of benzene rings is 7. The minimum absolute atomic E-state index is 0. The maximum Gasteiger partial charge on any atom is 2.00 e. The molecule has 2 radical (unpaired) electrons. The molecule has 1 aliphatic carbocycles. The van der Waals surface area contributed by atoms with E-state index in [0.717, 1.165) is 12.3 Å². The Hall–Kier alpha value is -4.54. The predicted molar refractivity (Wildman–Crippen MR) is 257 cm³/mol. The third-order valence-electron chi connectivity index (χ3n) is 10.1. The molecule has 0 amide bonds. The predicted octanol–water partition coefficient (Wildman–Crippen LogP) is 12.2. The molecule has 0 N–H and O–H groups in total. The van der Waals surface area contributed by atoms with Crippen LogP contribution in [-0.2, 0) is 19.5 Å². The second-order valence-corrected chi connectivity index (χ2v) is 19.5. The summed E-state index contributed by atoms with van der Waals surface area (Å²) in [6.45, 7) is 2.25. The van der Waals surface area contributed by atoms with Crippen molar-refractivity contribution in [1.82, 2.24) is 0 Å². The number of hydrogen-bond acceptors (Lipinski definition) is 1. The molecule has 8 aromatic rings. The fourth-order valence-corrected chi connectivity index (χ4v) is 13.3. The second-order valence-electron chi connectivity index (χ2n) is 14.0. The molecule has 2 unspecified atom stereocenters. The van der Waals surface area contributed by atoms with Crippen molar-refractivity contribution in [2.24, 2.45) is 5.92 Å². The van der Waals surface area contributed by atoms with E-state index in [-0.39, 0.29) is 19.5 Å². The molecule has 0 nitrogen and oxygen atoms in total. The smallest absolute Gasteiger partial charge is 0.214 e. The summed E-state index contributed by atoms with van der Waals surface area (Å²) in [7, 11) is -0.892. The number of thioether (sulfide) groups is 1. The summed E-state index contributed by atoms with van der Waals surface area (Å²) < 4.78 is 0. The molecule has 2 aliphatic rings. The van der Waals surface area contributed by atoms with Crippen LogP contribution in [0.2, 0.25) is 0 Å². The van der Waals surface area contributed by atoms with Crippen LogP contribution in [0.15, 0.2) is 253 Å². The van der Waals surface area contributed by atoms with Gasteiger partial charge >= 0.3 is 19.5 Å². The Balaban J connectivity index is 0.000000140. The van der Waals surface area contributed by atoms with Gasteiger partial charge < -0.3 is 0 Å². The molecule has 0 bridgehead atoms. The first-order valence-corrected chi connectivity index (χ1v) is 23.6. The van der Waals surface area contributed by atoms with E-state index in [9.17, 15) is 0 Å². The molecule has 0 aromatic heterocycles. The maximum atomic E-state index is 3.40. The van der Waals surface area contributed by atoms with Crippen LogP contribution < -0.4 is 31.8 Å². The molecule has 292 valence electrons. The largest absolute Gasteiger partial charge is 2.00 e. The third kappa shape index (κ3) is 12.5. The minimum Gasteiger partial charge on any atom is -0.214 e. The Kier molecular flexibility index (Phi) is 17.8. The molecule has 0 spiro atoms. The van der Waals surface area contributed by atoms with Crippen molar-refractivity contribution in [3.05, 3.63) is 260 Å². The van der Waals surface area contributed by atoms with E-state index >= 15 is 0 Å². The van der Waals surface area contributed by atoms with Crippen LogP contribution in [-0.4, -0.2) is 5.75 Å². The van der Waals surface area contributed by atoms with Gasteiger partial charge in [-0.25, -0.2) is 12.1 Å². The standard InChI is InChI=1S/2C18H15P.C14H14S.C5H5.Ru/c2*1-4-10-16(11-5-1)19(17-12-6-2-7-13-17)18-14-8-3-9-15-18;1-10-5-4-7-11-12-6-2-3-8-14(12)15-9-13(10)11;1-2-4-5-3-1;/h2*1-15H;2-3,5-6,8,11,13H,7,9H2,1H3;1-5H;/q;;;-1;+2. The summed E-state index contributed by atoms with van der Waals surface area (Å²) in [5.41, 5.74) is 3.05. The van der Waals surface area contributed by atoms with E-state index in [1.807, 2.05) is 42.1 Å². The molecule has 0 fully saturated rings. The summed E-state index contributed by atoms with van der Waals surface area (Å²) in [4.78, 5) is 1.48. The zero-order valence-corrected chi connectivity index (χ0v) is 37.7. The summed E-state index contributed by atoms with van der Waals surface area (Å²) in [5, 5.41) is 8.39. The number of rotatable bonds is 6. The number of hydrogen-bond donors (Lipinski definition) is 0. The Morgan fingerprint density at radius 1 is 0.441 bits per heavy atom. The minimum atomic E-state index is -0.446. The zero-order chi connectivity index (χ0) is 39.6. The first-order chi connectivity index (χ1) is 28.8. The fraction of sp³-hybridized carbons (Fsp3) is 0.0909. The van der Waals surface area contributed by atoms with Gasteiger partial charge in [0.2, 0.25) is 0 Å². The Labute approximate surface area is 372 Å². The van der Waals surface area contributed by atoms with Crippen molar-refractivity contribution in [3.63, 3.8) is 0 Å². The fourth-order valence-electron chi connectivity index (χ4n) is 7.26. The average Bonchev–Trinajstić information content (AvgIpc) is 3.91. The van der Waals surface area contributed by atoms with Crippen LogP contribution in [0.25, 0.3) is 0 Å². The van der Waals surface area contributed by atoms with Crippen molar-refractivity contribution in [2.45, 2.75) is 24.2 Å². The molecule has 1 aliphatic heterocycles. The monoisotopic (exact) mass is 905 g/mol. The van der Waals surface area contributed by atoms with Crippen molar-refractivity contribution < 1.29 is 19.5 Å². The molecule has 4 heteroatoms. The molecule has 2 atom stereocenters. The van der Waals surface area contributed by atoms with Crippen molar-refractivity contribution >= 4 is 59.4 Å². The summed E-state index contributed by atoms with van der Waals surface area (Å²) >= 11 is 2.01. The summed E-state index contributed by atoms with van der Waals surface area (Å²) in [5.74, 6) is 2.67. The van der Waals surface area contributed by atoms with Crippen LogP contribution in [0.4, 0.5) is 0 Å². The third-order valence-corrected chi connectivity index (χ3v) is 16.2. The first kappa shape index (κ1) is 44.0. The Bertz CT molecular complexity index is 2030. The van der Waals surface area contributed by atoms with E-state index in [1.165, 1.54) is 48.0 Å². The first-order valence-electron chi connectivity index (χ1n) is 20.0. The van der Waals surface area contributed by atoms with E-state index in [1.54, 1.807) is 5.56 Å². The average molecular weight is 905 g/mol. The van der Waals surface area contributed by atoms with Gasteiger partial charge in [-0.2, -0.15) is 18.2 Å². The van der Waals surface area contributed by atoms with Gasteiger partial charge in [0.1, 0.15) is 0 Å². The second kappa shape index (κ2) is 23.9. The SMILES string of the molecule is CC1=C[C]CC2c3ccccc3SCC12.[Ru+2].c1cc[cH-]c1.c1ccc(P(c2ccccc2)c2ccccc2)cc1.c1ccc(P(c2ccccc2)c2ccccc2)cc1. The molecule has 59 heavy (non-hydrogen) atoms. The quantitative estimate of drug-likeness (QED) is 0.0910. The van der Waals surface area contributed by atoms with Crippen LogP contribution >= 0.6 is 27.6 Å². The van der Waals surface area contributed by atoms with Crippen LogP contribution in [0, 0.1) is 12.3 Å². The van der Waals surface area contributed by atoms with Crippen LogP contribution in [0.3, 0.4) is 0 Å². The maximum absolute atomic E-state index is 3.40. The Morgan fingerprint density at radius 2 is 0.780 bits per heavy atom. The van der Waals surface area contributed by atoms with Gasteiger partial charge in [-0.3, -0.25) is 0 Å². The van der Waals surface area contributed by atoms with Gasteiger partial charge in [0.15, 0.2) is 0 Å². The molecule has 10 rings (SSSR count). The molecule has 8 aromatic carbocycles. The van der Waals surface area contributed by atoms with E-state index in [0.29, 0.717) is 5.92 Å². The summed E-state index contributed by atoms with van der Waals surface area (Å²) in [6, 6.07) is 83.5. The van der Waals surface area contributed by atoms with Gasteiger partial charge in [0.05, 0.1) is 0 Å². The van der Waals surface area contributed by atoms with Crippen molar-refractivity contribution in [3.8, 4) is 0 Å². The van der Waals surface area contributed by atoms with Crippen molar-refractivity contribution in [1.29, 1.82) is 0 Å². The molecule has 0 saturated carbocycles. The molecular weight excluding hydrogens is 856 g/mol. The van der Waals surface area contributed by atoms with E-state index in [2.05, 4.69) is 226 Å². The van der Waals surface area contributed by atoms with Gasteiger partial charge in [0.25, 0.3) is 0 Å². The molecular formula is C55H49P2RuS+. The van der Waals surface area contributed by atoms with Crippen LogP contribution in [0.1, 0.15) is 24.8 Å². The Morgan fingerprint density at radius 3 is 1.12 bits per heavy atom. The van der Waals surface area contributed by atoms with Gasteiger partial charge in [-0.05, 0) is 84.5 Å². The van der Waals surface area contributed by atoms with E-state index < -0.39 is 15.8 Å². The normalized spacial score (nSPS) is 14.9. The topological polar surface area (TPSA) is 0 Å². The van der Waals surface area contributed by atoms with Crippen molar-refractivity contribution in [2.75, 3.05) is 5.75 Å². The molecule has 1 heterocycles. The zero-order valence-electron chi connectivity index (χ0n) is 33.3. The van der Waals surface area contributed by atoms with Crippen LogP contribution in [0.5, 0.6) is 0 Å². The van der Waals surface area contributed by atoms with E-state index in [4.69, 9.17) is 0 Å².